The number of nitrogens with one attached hydrogen (secondary N) is 2. The van der Waals surface area contributed by atoms with Crippen LogP contribution >= 0.6 is 0 Å². The largest absolute Gasteiger partial charge is 0.444 e. The molecule has 160 valence electrons. The van der Waals surface area contributed by atoms with Crippen LogP contribution in [0.15, 0.2) is 0 Å². The summed E-state index contributed by atoms with van der Waals surface area (Å²) < 4.78 is 10.4. The Hall–Kier alpha value is -1.54. The zero-order chi connectivity index (χ0) is 20.9. The van der Waals surface area contributed by atoms with Crippen molar-refractivity contribution in [2.75, 3.05) is 39.3 Å². The van der Waals surface area contributed by atoms with Crippen LogP contribution in [0.5, 0.6) is 0 Å². The molecule has 0 heterocycles. The van der Waals surface area contributed by atoms with Crippen molar-refractivity contribution in [3.05, 3.63) is 0 Å². The lowest BCUT2D eigenvalue weighted by atomic mass is 10.2. The molecule has 8 nitrogen and oxygen atoms in total. The molecule has 27 heavy (non-hydrogen) atoms. The molecule has 3 N–H and O–H groups in total. The normalized spacial score (nSPS) is 12.0. The van der Waals surface area contributed by atoms with E-state index in [1.165, 1.54) is 0 Å². The summed E-state index contributed by atoms with van der Waals surface area (Å²) in [6.45, 7) is 14.5. The molecule has 0 aliphatic heterocycles. The maximum absolute atomic E-state index is 11.6. The van der Waals surface area contributed by atoms with Gasteiger partial charge in [0.05, 0.1) is 0 Å². The average Bonchev–Trinajstić information content (AvgIpc) is 2.48. The van der Waals surface area contributed by atoms with E-state index >= 15 is 0 Å². The highest BCUT2D eigenvalue weighted by atomic mass is 16.6. The number of rotatable bonds is 11. The molecule has 0 fully saturated rings. The Morgan fingerprint density at radius 1 is 0.778 bits per heavy atom. The summed E-state index contributed by atoms with van der Waals surface area (Å²) >= 11 is 0. The summed E-state index contributed by atoms with van der Waals surface area (Å²) in [4.78, 5) is 25.4. The smallest absolute Gasteiger partial charge is 0.407 e. The van der Waals surface area contributed by atoms with Crippen LogP contribution < -0.4 is 10.6 Å². The quantitative estimate of drug-likeness (QED) is 0.470. The van der Waals surface area contributed by atoms with E-state index in [9.17, 15) is 9.59 Å². The summed E-state index contributed by atoms with van der Waals surface area (Å²) in [6.07, 6.45) is 1.43. The second-order valence-electron chi connectivity index (χ2n) is 8.48. The molecular weight excluding hydrogens is 350 g/mol. The number of ether oxygens (including phenoxy) is 2. The molecule has 0 saturated carbocycles. The Morgan fingerprint density at radius 3 is 1.48 bits per heavy atom. The summed E-state index contributed by atoms with van der Waals surface area (Å²) in [5.74, 6) is 0. The minimum atomic E-state index is -0.502. The van der Waals surface area contributed by atoms with Gasteiger partial charge in [0.25, 0.3) is 0 Å². The second-order valence-corrected chi connectivity index (χ2v) is 8.48. The molecule has 0 aromatic rings. The van der Waals surface area contributed by atoms with Crippen molar-refractivity contribution in [2.45, 2.75) is 72.0 Å². The minimum absolute atomic E-state index is 0.142. The SMILES string of the molecule is CC(C)(C)OC(=O)NCCCN(CCCO)CCCNC(=O)OC(C)(C)C. The van der Waals surface area contributed by atoms with Gasteiger partial charge >= 0.3 is 12.2 Å². The van der Waals surface area contributed by atoms with Crippen LogP contribution in [0.3, 0.4) is 0 Å². The third-order valence-corrected chi connectivity index (χ3v) is 3.27. The number of hydrogen-bond donors (Lipinski definition) is 3. The van der Waals surface area contributed by atoms with E-state index in [-0.39, 0.29) is 6.61 Å². The zero-order valence-corrected chi connectivity index (χ0v) is 17.9. The first-order valence-corrected chi connectivity index (χ1v) is 9.70. The van der Waals surface area contributed by atoms with Gasteiger partial charge in [0.15, 0.2) is 0 Å². The summed E-state index contributed by atoms with van der Waals surface area (Å²) in [5.41, 5.74) is -1.00. The van der Waals surface area contributed by atoms with Crippen LogP contribution in [0.1, 0.15) is 60.8 Å². The minimum Gasteiger partial charge on any atom is -0.444 e. The van der Waals surface area contributed by atoms with Crippen LogP contribution in [0.2, 0.25) is 0 Å². The molecule has 0 aromatic carbocycles. The van der Waals surface area contributed by atoms with E-state index in [1.807, 2.05) is 41.5 Å². The molecule has 0 aliphatic carbocycles. The zero-order valence-electron chi connectivity index (χ0n) is 17.9. The Kier molecular flexibility index (Phi) is 12.0. The van der Waals surface area contributed by atoms with Crippen molar-refractivity contribution < 1.29 is 24.2 Å². The fourth-order valence-corrected chi connectivity index (χ4v) is 2.24. The average molecular weight is 390 g/mol. The van der Waals surface area contributed by atoms with E-state index in [0.717, 1.165) is 32.5 Å². The van der Waals surface area contributed by atoms with Gasteiger partial charge < -0.3 is 30.1 Å². The van der Waals surface area contributed by atoms with Crippen molar-refractivity contribution >= 4 is 12.2 Å². The standard InChI is InChI=1S/C19H39N3O5/c1-18(2,3)26-16(24)20-10-7-12-22(14-9-15-23)13-8-11-21-17(25)27-19(4,5)6/h23H,7-15H2,1-6H3,(H,20,24)(H,21,25). The summed E-state index contributed by atoms with van der Waals surface area (Å²) in [7, 11) is 0. The van der Waals surface area contributed by atoms with E-state index in [1.54, 1.807) is 0 Å². The van der Waals surface area contributed by atoms with Crippen molar-refractivity contribution in [3.63, 3.8) is 0 Å². The molecule has 0 radical (unpaired) electrons. The van der Waals surface area contributed by atoms with Gasteiger partial charge in [0.2, 0.25) is 0 Å². The Morgan fingerprint density at radius 2 is 1.15 bits per heavy atom. The number of carbonyl (C=O) groups is 2. The number of carbonyl (C=O) groups excluding carboxylic acids is 2. The van der Waals surface area contributed by atoms with Crippen molar-refractivity contribution in [1.82, 2.24) is 15.5 Å². The predicted octanol–water partition coefficient (Wildman–Crippen LogP) is 2.50. The lowest BCUT2D eigenvalue weighted by Gasteiger charge is -2.23. The van der Waals surface area contributed by atoms with Gasteiger partial charge in [-0.05, 0) is 73.9 Å². The predicted molar refractivity (Wildman–Crippen MR) is 106 cm³/mol. The fraction of sp³-hybridized carbons (Fsp3) is 0.895. The number of amides is 2. The molecule has 0 atom stereocenters. The topological polar surface area (TPSA) is 100 Å². The summed E-state index contributed by atoms with van der Waals surface area (Å²) in [5, 5.41) is 14.5. The van der Waals surface area contributed by atoms with Gasteiger partial charge in [-0.25, -0.2) is 9.59 Å². The third kappa shape index (κ3) is 17.6. The van der Waals surface area contributed by atoms with Crippen LogP contribution in [0.4, 0.5) is 9.59 Å². The molecule has 0 aromatic heterocycles. The van der Waals surface area contributed by atoms with Crippen molar-refractivity contribution in [1.29, 1.82) is 0 Å². The molecule has 0 bridgehead atoms. The van der Waals surface area contributed by atoms with Crippen LogP contribution in [-0.4, -0.2) is 72.7 Å². The van der Waals surface area contributed by atoms with Gasteiger partial charge in [-0.15, -0.1) is 0 Å². The number of alkyl carbamates (subject to hydrolysis) is 2. The fourth-order valence-electron chi connectivity index (χ4n) is 2.24. The highest BCUT2D eigenvalue weighted by Gasteiger charge is 2.16. The van der Waals surface area contributed by atoms with E-state index in [0.29, 0.717) is 19.5 Å². The number of nitrogens with zero attached hydrogens (tertiary/aromatic N) is 1. The highest BCUT2D eigenvalue weighted by Crippen LogP contribution is 2.07. The first-order chi connectivity index (χ1) is 12.4. The monoisotopic (exact) mass is 389 g/mol. The molecule has 8 heteroatoms. The molecule has 0 saturated heterocycles. The number of hydrogen-bond acceptors (Lipinski definition) is 6. The maximum Gasteiger partial charge on any atom is 0.407 e. The lowest BCUT2D eigenvalue weighted by Crippen LogP contribution is -2.36. The van der Waals surface area contributed by atoms with Crippen molar-refractivity contribution in [3.8, 4) is 0 Å². The van der Waals surface area contributed by atoms with Gasteiger partial charge in [-0.3, -0.25) is 0 Å². The van der Waals surface area contributed by atoms with E-state index in [4.69, 9.17) is 14.6 Å². The lowest BCUT2D eigenvalue weighted by molar-refractivity contribution is 0.0516. The summed E-state index contributed by atoms with van der Waals surface area (Å²) in [6, 6.07) is 0. The molecule has 0 rings (SSSR count). The molecule has 0 aliphatic rings. The van der Waals surface area contributed by atoms with E-state index in [2.05, 4.69) is 15.5 Å². The Labute approximate surface area is 164 Å². The second kappa shape index (κ2) is 12.8. The van der Waals surface area contributed by atoms with Gasteiger partial charge in [0.1, 0.15) is 11.2 Å². The Bertz CT molecular complexity index is 394. The van der Waals surface area contributed by atoms with E-state index < -0.39 is 23.4 Å². The Balaban J connectivity index is 4.03. The first kappa shape index (κ1) is 25.5. The van der Waals surface area contributed by atoms with Gasteiger partial charge in [-0.2, -0.15) is 0 Å². The van der Waals surface area contributed by atoms with Crippen LogP contribution in [0.25, 0.3) is 0 Å². The third-order valence-electron chi connectivity index (χ3n) is 3.27. The molecule has 0 unspecified atom stereocenters. The van der Waals surface area contributed by atoms with Crippen LogP contribution in [-0.2, 0) is 9.47 Å². The number of aliphatic hydroxyl groups is 1. The molecule has 2 amide bonds. The van der Waals surface area contributed by atoms with Gasteiger partial charge in [-0.1, -0.05) is 0 Å². The maximum atomic E-state index is 11.6. The van der Waals surface area contributed by atoms with Gasteiger partial charge in [0, 0.05) is 26.2 Å². The molecular formula is C19H39N3O5. The van der Waals surface area contributed by atoms with Crippen molar-refractivity contribution in [2.24, 2.45) is 0 Å². The number of aliphatic hydroxyl groups excluding tert-OH is 1. The first-order valence-electron chi connectivity index (χ1n) is 9.70. The van der Waals surface area contributed by atoms with Crippen LogP contribution in [0, 0.1) is 0 Å². The molecule has 0 spiro atoms. The highest BCUT2D eigenvalue weighted by molar-refractivity contribution is 5.67.